The lowest BCUT2D eigenvalue weighted by Gasteiger charge is -1.92. The molecule has 2 nitrogen and oxygen atoms in total. The van der Waals surface area contributed by atoms with Gasteiger partial charge < -0.3 is 0 Å². The maximum Gasteiger partial charge on any atom is 0.182 e. The van der Waals surface area contributed by atoms with Crippen LogP contribution in [-0.2, 0) is 0 Å². The van der Waals surface area contributed by atoms with Gasteiger partial charge in [-0.2, -0.15) is 0 Å². The molecule has 0 radical (unpaired) electrons. The summed E-state index contributed by atoms with van der Waals surface area (Å²) in [5.74, 6) is 1.84. The summed E-state index contributed by atoms with van der Waals surface area (Å²) < 4.78 is 1.10. The molecule has 0 saturated heterocycles. The Morgan fingerprint density at radius 3 is 1.58 bits per heavy atom. The van der Waals surface area contributed by atoms with Gasteiger partial charge in [0.2, 0.25) is 0 Å². The molecule has 0 heterocycles. The third-order valence-corrected chi connectivity index (χ3v) is 2.85. The first-order valence-corrected chi connectivity index (χ1v) is 6.24. The highest BCUT2D eigenvalue weighted by Crippen LogP contribution is 2.08. The molecule has 68 valence electrons. The molecule has 0 N–H and O–H groups in total. The van der Waals surface area contributed by atoms with E-state index in [0.29, 0.717) is 8.64 Å². The molecule has 0 aromatic rings. The van der Waals surface area contributed by atoms with Gasteiger partial charge in [0.05, 0.1) is 0 Å². The lowest BCUT2D eigenvalue weighted by molar-refractivity contribution is 1.41. The topological polar surface area (TPSA) is 24.7 Å². The van der Waals surface area contributed by atoms with Crippen LogP contribution in [0.5, 0.6) is 0 Å². The Bertz CT molecular complexity index is 170. The zero-order chi connectivity index (χ0) is 9.40. The van der Waals surface area contributed by atoms with E-state index in [1.54, 1.807) is 0 Å². The number of hydrogen-bond donors (Lipinski definition) is 0. The van der Waals surface area contributed by atoms with Crippen molar-refractivity contribution in [3.05, 3.63) is 0 Å². The van der Waals surface area contributed by atoms with Crippen LogP contribution in [0.1, 0.15) is 13.8 Å². The number of rotatable bonds is 2. The van der Waals surface area contributed by atoms with Crippen LogP contribution in [0, 0.1) is 0 Å². The zero-order valence-electron chi connectivity index (χ0n) is 6.94. The SMILES string of the molecule is CCSC(=S)N=NC(=S)SCC. The van der Waals surface area contributed by atoms with E-state index in [-0.39, 0.29) is 0 Å². The number of thioether (sulfide) groups is 2. The van der Waals surface area contributed by atoms with Gasteiger partial charge in [-0.15, -0.1) is 10.2 Å². The van der Waals surface area contributed by atoms with Gasteiger partial charge in [0.1, 0.15) is 0 Å². The first-order valence-electron chi connectivity index (χ1n) is 3.46. The molecule has 0 aromatic heterocycles. The van der Waals surface area contributed by atoms with E-state index in [4.69, 9.17) is 24.4 Å². The molecule has 6 heteroatoms. The molecule has 0 aliphatic heterocycles. The van der Waals surface area contributed by atoms with Gasteiger partial charge in [-0.1, -0.05) is 37.4 Å². The Kier molecular flexibility index (Phi) is 8.42. The minimum Gasteiger partial charge on any atom is -0.130 e. The smallest absolute Gasteiger partial charge is 0.130 e. The highest BCUT2D eigenvalue weighted by atomic mass is 32.2. The van der Waals surface area contributed by atoms with Gasteiger partial charge in [0, 0.05) is 0 Å². The molecule has 0 saturated carbocycles. The molecule has 12 heavy (non-hydrogen) atoms. The Hall–Kier alpha value is 0.480. The Balaban J connectivity index is 3.73. The molecule has 0 atom stereocenters. The molecule has 0 rings (SSSR count). The second-order valence-electron chi connectivity index (χ2n) is 1.60. The lowest BCUT2D eigenvalue weighted by Crippen LogP contribution is -1.85. The molecular weight excluding hydrogens is 228 g/mol. The van der Waals surface area contributed by atoms with E-state index in [2.05, 4.69) is 10.2 Å². The molecule has 0 spiro atoms. The summed E-state index contributed by atoms with van der Waals surface area (Å²) in [5.41, 5.74) is 0. The molecular formula is C6H10N2S4. The fourth-order valence-corrected chi connectivity index (χ4v) is 1.87. The molecule has 0 bridgehead atoms. The molecule has 0 aliphatic carbocycles. The third kappa shape index (κ3) is 7.15. The molecule has 0 aliphatic rings. The van der Waals surface area contributed by atoms with Gasteiger partial charge in [-0.25, -0.2) is 0 Å². The second kappa shape index (κ2) is 8.10. The van der Waals surface area contributed by atoms with Gasteiger partial charge in [0.25, 0.3) is 0 Å². The quantitative estimate of drug-likeness (QED) is 0.543. The number of hydrogen-bond acceptors (Lipinski definition) is 4. The van der Waals surface area contributed by atoms with Crippen LogP contribution < -0.4 is 0 Å². The monoisotopic (exact) mass is 238 g/mol. The van der Waals surface area contributed by atoms with E-state index in [1.165, 1.54) is 23.5 Å². The Morgan fingerprint density at radius 2 is 1.33 bits per heavy atom. The largest absolute Gasteiger partial charge is 0.182 e. The van der Waals surface area contributed by atoms with Crippen molar-refractivity contribution in [3.63, 3.8) is 0 Å². The van der Waals surface area contributed by atoms with Crippen molar-refractivity contribution in [2.45, 2.75) is 13.8 Å². The van der Waals surface area contributed by atoms with Crippen LogP contribution in [0.3, 0.4) is 0 Å². The highest BCUT2D eigenvalue weighted by Gasteiger charge is 1.94. The first kappa shape index (κ1) is 12.5. The Labute approximate surface area is 92.0 Å². The van der Waals surface area contributed by atoms with E-state index in [1.807, 2.05) is 13.8 Å². The predicted octanol–water partition coefficient (Wildman–Crippen LogP) is 3.51. The zero-order valence-corrected chi connectivity index (χ0v) is 10.2. The number of azo groups is 1. The van der Waals surface area contributed by atoms with Crippen molar-refractivity contribution >= 4 is 56.6 Å². The first-order chi connectivity index (χ1) is 5.70. The fraction of sp³-hybridized carbons (Fsp3) is 0.667. The molecule has 0 fully saturated rings. The van der Waals surface area contributed by atoms with Crippen LogP contribution in [0.25, 0.3) is 0 Å². The van der Waals surface area contributed by atoms with Crippen molar-refractivity contribution in [2.24, 2.45) is 10.2 Å². The van der Waals surface area contributed by atoms with E-state index < -0.39 is 0 Å². The van der Waals surface area contributed by atoms with Gasteiger partial charge >= 0.3 is 0 Å². The van der Waals surface area contributed by atoms with Crippen LogP contribution >= 0.6 is 48.0 Å². The molecule has 0 aromatic carbocycles. The highest BCUT2D eigenvalue weighted by molar-refractivity contribution is 8.23. The summed E-state index contributed by atoms with van der Waals surface area (Å²) in [6.45, 7) is 4.04. The van der Waals surface area contributed by atoms with Crippen LogP contribution in [-0.4, -0.2) is 20.1 Å². The third-order valence-electron chi connectivity index (χ3n) is 0.749. The van der Waals surface area contributed by atoms with Gasteiger partial charge in [-0.05, 0) is 35.9 Å². The average molecular weight is 238 g/mol. The minimum absolute atomic E-state index is 0.552. The van der Waals surface area contributed by atoms with Crippen molar-refractivity contribution < 1.29 is 0 Å². The average Bonchev–Trinajstić information content (AvgIpc) is 2.02. The van der Waals surface area contributed by atoms with Crippen LogP contribution in [0.2, 0.25) is 0 Å². The summed E-state index contributed by atoms with van der Waals surface area (Å²) >= 11 is 12.8. The number of thiocarbonyl (C=S) groups is 2. The van der Waals surface area contributed by atoms with E-state index >= 15 is 0 Å². The summed E-state index contributed by atoms with van der Waals surface area (Å²) in [6, 6.07) is 0. The maximum absolute atomic E-state index is 4.89. The summed E-state index contributed by atoms with van der Waals surface area (Å²) in [5, 5.41) is 7.58. The minimum atomic E-state index is 0.552. The predicted molar refractivity (Wildman–Crippen MR) is 66.3 cm³/mol. The van der Waals surface area contributed by atoms with Crippen molar-refractivity contribution in [1.29, 1.82) is 0 Å². The van der Waals surface area contributed by atoms with Crippen LogP contribution in [0.4, 0.5) is 0 Å². The van der Waals surface area contributed by atoms with Gasteiger partial charge in [0.15, 0.2) is 8.64 Å². The molecule has 0 unspecified atom stereocenters. The second-order valence-corrected chi connectivity index (χ2v) is 5.39. The van der Waals surface area contributed by atoms with Crippen LogP contribution in [0.15, 0.2) is 10.2 Å². The van der Waals surface area contributed by atoms with Crippen molar-refractivity contribution in [3.8, 4) is 0 Å². The normalized spacial score (nSPS) is 10.5. The Morgan fingerprint density at radius 1 is 1.00 bits per heavy atom. The molecule has 0 amide bonds. The van der Waals surface area contributed by atoms with E-state index in [9.17, 15) is 0 Å². The summed E-state index contributed by atoms with van der Waals surface area (Å²) in [4.78, 5) is 0. The van der Waals surface area contributed by atoms with E-state index in [0.717, 1.165) is 11.5 Å². The standard InChI is InChI=1S/C6H10N2S4/c1-3-11-5(9)7-8-6(10)12-4-2/h3-4H2,1-2H3. The summed E-state index contributed by atoms with van der Waals surface area (Å²) in [7, 11) is 0. The van der Waals surface area contributed by atoms with Crippen molar-refractivity contribution in [1.82, 2.24) is 0 Å². The van der Waals surface area contributed by atoms with Crippen molar-refractivity contribution in [2.75, 3.05) is 11.5 Å². The van der Waals surface area contributed by atoms with Gasteiger partial charge in [-0.3, -0.25) is 0 Å². The maximum atomic E-state index is 4.89. The number of nitrogens with zero attached hydrogens (tertiary/aromatic N) is 2. The summed E-state index contributed by atoms with van der Waals surface area (Å²) in [6.07, 6.45) is 0. The lowest BCUT2D eigenvalue weighted by atomic mass is 11.0. The fourth-order valence-electron chi connectivity index (χ4n) is 0.386.